The number of rotatable bonds is 3. The number of halogens is 1. The number of amides is 3. The van der Waals surface area contributed by atoms with Crippen LogP contribution in [0.15, 0.2) is 64.8 Å². The number of phenolic OH excluding ortho intramolecular Hbond substituents is 1. The second-order valence-electron chi connectivity index (χ2n) is 10.9. The summed E-state index contributed by atoms with van der Waals surface area (Å²) in [6, 6.07) is 9.75. The molecule has 43 heavy (non-hydrogen) atoms. The van der Waals surface area contributed by atoms with Crippen LogP contribution in [0.5, 0.6) is 5.75 Å². The molecule has 1 aromatic heterocycles. The van der Waals surface area contributed by atoms with Crippen molar-refractivity contribution >= 4 is 50.5 Å². The summed E-state index contributed by atoms with van der Waals surface area (Å²) < 4.78 is 5.87. The number of para-hydroxylation sites is 1. The van der Waals surface area contributed by atoms with Crippen LogP contribution in [0.2, 0.25) is 0 Å². The van der Waals surface area contributed by atoms with Crippen molar-refractivity contribution in [2.75, 3.05) is 13.7 Å². The Kier molecular flexibility index (Phi) is 10.6. The highest BCUT2D eigenvalue weighted by atomic mass is 79.9. The van der Waals surface area contributed by atoms with Gasteiger partial charge in [0.05, 0.1) is 23.5 Å². The lowest BCUT2D eigenvalue weighted by Gasteiger charge is -2.31. The number of cyclic esters (lactones) is 1. The van der Waals surface area contributed by atoms with E-state index < -0.39 is 35.9 Å². The fraction of sp³-hybridized carbons (Fsp3) is 0.375. The largest absolute Gasteiger partial charge is 0.507 e. The number of aromatic amines is 1. The Morgan fingerprint density at radius 1 is 1.07 bits per heavy atom. The second-order valence-corrected chi connectivity index (χ2v) is 11.7. The molecule has 0 radical (unpaired) electrons. The molecule has 3 atom stereocenters. The molecule has 1 aliphatic rings. The molecule has 4 N–H and O–H groups in total. The smallest absolute Gasteiger partial charge is 0.308 e. The fourth-order valence-corrected chi connectivity index (χ4v) is 5.52. The molecule has 3 aromatic rings. The third-order valence-electron chi connectivity index (χ3n) is 7.64. The average molecular weight is 654 g/mol. The minimum absolute atomic E-state index is 0.0126. The Balaban J connectivity index is 1.70. The van der Waals surface area contributed by atoms with E-state index in [1.54, 1.807) is 19.1 Å². The standard InChI is InChI=1S/C32H37BrN4O6/c1-19-7-6-14-43-30(40)17-26(21-11-12-28(38)24(33)15-21)36-31(41)27(16-22-18-34-25-9-5-4-8-23(22)25)37(3)32(42)20(2)35-29(39)13-10-19/h4-5,7-9,11-12,15,18,20,26-27,34,38H,6,10,13-14,16-17H2,1-3H3,(H,35,39)(H,36,41)/b19-7+/t20-,26+,27+/m0/s1. The minimum atomic E-state index is -0.978. The van der Waals surface area contributed by atoms with Crippen LogP contribution >= 0.6 is 15.9 Å². The first-order valence-electron chi connectivity index (χ1n) is 14.2. The van der Waals surface area contributed by atoms with Crippen molar-refractivity contribution < 1.29 is 29.0 Å². The van der Waals surface area contributed by atoms with Gasteiger partial charge in [-0.15, -0.1) is 0 Å². The Morgan fingerprint density at radius 2 is 1.84 bits per heavy atom. The van der Waals surface area contributed by atoms with E-state index in [-0.39, 0.29) is 37.5 Å². The van der Waals surface area contributed by atoms with Crippen molar-refractivity contribution in [1.82, 2.24) is 20.5 Å². The van der Waals surface area contributed by atoms with Gasteiger partial charge in [-0.1, -0.05) is 35.9 Å². The highest BCUT2D eigenvalue weighted by Gasteiger charge is 2.33. The molecule has 11 heteroatoms. The maximum Gasteiger partial charge on any atom is 0.308 e. The lowest BCUT2D eigenvalue weighted by atomic mass is 9.99. The van der Waals surface area contributed by atoms with Gasteiger partial charge < -0.3 is 30.4 Å². The first-order valence-corrected chi connectivity index (χ1v) is 15.0. The topological polar surface area (TPSA) is 141 Å². The molecule has 10 nitrogen and oxygen atoms in total. The molecule has 228 valence electrons. The molecule has 0 fully saturated rings. The van der Waals surface area contributed by atoms with E-state index in [1.165, 1.54) is 18.0 Å². The monoisotopic (exact) mass is 652 g/mol. The third-order valence-corrected chi connectivity index (χ3v) is 8.27. The zero-order valence-electron chi connectivity index (χ0n) is 24.5. The van der Waals surface area contributed by atoms with E-state index in [4.69, 9.17) is 4.74 Å². The van der Waals surface area contributed by atoms with Gasteiger partial charge in [-0.25, -0.2) is 0 Å². The molecule has 0 saturated heterocycles. The Morgan fingerprint density at radius 3 is 2.60 bits per heavy atom. The number of esters is 1. The van der Waals surface area contributed by atoms with Crippen molar-refractivity contribution in [1.29, 1.82) is 0 Å². The number of aromatic hydroxyl groups is 1. The van der Waals surface area contributed by atoms with Crippen molar-refractivity contribution in [2.45, 2.75) is 64.1 Å². The van der Waals surface area contributed by atoms with Crippen LogP contribution < -0.4 is 10.6 Å². The molecule has 0 spiro atoms. The lowest BCUT2D eigenvalue weighted by Crippen LogP contribution is -2.54. The Labute approximate surface area is 259 Å². The predicted octanol–water partition coefficient (Wildman–Crippen LogP) is 4.43. The summed E-state index contributed by atoms with van der Waals surface area (Å²) in [6.07, 6.45) is 4.93. The summed E-state index contributed by atoms with van der Waals surface area (Å²) in [4.78, 5) is 57.7. The van der Waals surface area contributed by atoms with Crippen LogP contribution in [0.4, 0.5) is 0 Å². The number of carbonyl (C=O) groups excluding carboxylic acids is 4. The van der Waals surface area contributed by atoms with E-state index in [1.807, 2.05) is 43.5 Å². The third kappa shape index (κ3) is 8.25. The van der Waals surface area contributed by atoms with Gasteiger partial charge in [0.25, 0.3) is 0 Å². The molecule has 0 unspecified atom stereocenters. The van der Waals surface area contributed by atoms with Crippen LogP contribution in [0.25, 0.3) is 10.9 Å². The second kappa shape index (κ2) is 14.4. The molecule has 2 heterocycles. The Bertz CT molecular complexity index is 1530. The summed E-state index contributed by atoms with van der Waals surface area (Å²) >= 11 is 3.31. The van der Waals surface area contributed by atoms with E-state index in [2.05, 4.69) is 31.5 Å². The van der Waals surface area contributed by atoms with Crippen LogP contribution in [0.3, 0.4) is 0 Å². The number of nitrogens with zero attached hydrogens (tertiary/aromatic N) is 1. The van der Waals surface area contributed by atoms with E-state index in [9.17, 15) is 24.3 Å². The highest BCUT2D eigenvalue weighted by molar-refractivity contribution is 9.10. The molecule has 4 rings (SSSR count). The molecule has 1 aliphatic heterocycles. The van der Waals surface area contributed by atoms with Gasteiger partial charge in [0.2, 0.25) is 17.7 Å². The number of phenols is 1. The molecule has 0 bridgehead atoms. The van der Waals surface area contributed by atoms with Crippen molar-refractivity contribution in [3.05, 3.63) is 75.9 Å². The average Bonchev–Trinajstić information content (AvgIpc) is 3.39. The van der Waals surface area contributed by atoms with Crippen LogP contribution in [0, 0.1) is 0 Å². The zero-order chi connectivity index (χ0) is 31.1. The van der Waals surface area contributed by atoms with Gasteiger partial charge in [0, 0.05) is 37.0 Å². The molecular formula is C32H37BrN4O6. The number of benzene rings is 2. The minimum Gasteiger partial charge on any atom is -0.507 e. The van der Waals surface area contributed by atoms with Crippen molar-refractivity contribution in [3.8, 4) is 5.75 Å². The van der Waals surface area contributed by atoms with E-state index >= 15 is 0 Å². The maximum atomic E-state index is 14.1. The number of fused-ring (bicyclic) bond motifs is 1. The van der Waals surface area contributed by atoms with Gasteiger partial charge in [0.15, 0.2) is 0 Å². The number of allylic oxidation sites excluding steroid dienone is 1. The van der Waals surface area contributed by atoms with Crippen molar-refractivity contribution in [2.24, 2.45) is 0 Å². The molecular weight excluding hydrogens is 616 g/mol. The molecule has 3 amide bonds. The normalized spacial score (nSPS) is 23.0. The number of carbonyl (C=O) groups is 4. The number of ether oxygens (including phenoxy) is 1. The van der Waals surface area contributed by atoms with Gasteiger partial charge in [-0.2, -0.15) is 0 Å². The van der Waals surface area contributed by atoms with E-state index in [0.29, 0.717) is 22.9 Å². The SMILES string of the molecule is C/C1=C\CCOC(=O)C[C@H](c2ccc(O)c(Br)c2)NC(=O)[C@@H](Cc2c[nH]c3ccccc23)N(C)C(=O)[C@H](C)NC(=O)CC1. The summed E-state index contributed by atoms with van der Waals surface area (Å²) in [7, 11) is 1.54. The lowest BCUT2D eigenvalue weighted by molar-refractivity contribution is -0.145. The van der Waals surface area contributed by atoms with Crippen molar-refractivity contribution in [3.63, 3.8) is 0 Å². The van der Waals surface area contributed by atoms with E-state index in [0.717, 1.165) is 22.0 Å². The van der Waals surface area contributed by atoms with Gasteiger partial charge in [-0.05, 0) is 71.9 Å². The Hall–Kier alpha value is -4.12. The fourth-order valence-electron chi connectivity index (χ4n) is 5.13. The summed E-state index contributed by atoms with van der Waals surface area (Å²) in [6.45, 7) is 3.66. The summed E-state index contributed by atoms with van der Waals surface area (Å²) in [5, 5.41) is 16.7. The number of nitrogens with one attached hydrogen (secondary N) is 3. The highest BCUT2D eigenvalue weighted by Crippen LogP contribution is 2.29. The molecule has 0 saturated carbocycles. The zero-order valence-corrected chi connectivity index (χ0v) is 26.1. The van der Waals surface area contributed by atoms with Crippen LogP contribution in [0.1, 0.15) is 56.7 Å². The summed E-state index contributed by atoms with van der Waals surface area (Å²) in [5.41, 5.74) is 3.27. The van der Waals surface area contributed by atoms with Crippen LogP contribution in [-0.2, 0) is 30.3 Å². The van der Waals surface area contributed by atoms with Gasteiger partial charge in [0.1, 0.15) is 17.8 Å². The maximum absolute atomic E-state index is 14.1. The first kappa shape index (κ1) is 31.8. The quantitative estimate of drug-likeness (QED) is 0.244. The number of hydrogen-bond donors (Lipinski definition) is 4. The van der Waals surface area contributed by atoms with Crippen LogP contribution in [-0.4, -0.2) is 64.4 Å². The first-order chi connectivity index (χ1) is 20.5. The number of H-pyrrole nitrogens is 1. The summed E-state index contributed by atoms with van der Waals surface area (Å²) in [5.74, 6) is -1.68. The number of aromatic nitrogens is 1. The molecule has 2 aromatic carbocycles. The number of hydrogen-bond acceptors (Lipinski definition) is 6. The molecule has 0 aliphatic carbocycles. The van der Waals surface area contributed by atoms with Gasteiger partial charge in [-0.3, -0.25) is 19.2 Å². The number of likely N-dealkylation sites (N-methyl/N-ethyl adjacent to an activating group) is 1. The van der Waals surface area contributed by atoms with Gasteiger partial charge >= 0.3 is 5.97 Å². The predicted molar refractivity (Wildman–Crippen MR) is 166 cm³/mol.